The molecule has 0 aliphatic heterocycles. The highest BCUT2D eigenvalue weighted by molar-refractivity contribution is 7.92. The first-order valence-electron chi connectivity index (χ1n) is 13.4. The van der Waals surface area contributed by atoms with Crippen molar-refractivity contribution in [3.63, 3.8) is 0 Å². The van der Waals surface area contributed by atoms with E-state index in [1.54, 1.807) is 56.3 Å². The first kappa shape index (κ1) is 33.5. The maximum Gasteiger partial charge on any atom is 0.264 e. The second-order valence-corrected chi connectivity index (χ2v) is 13.0. The van der Waals surface area contributed by atoms with Crippen molar-refractivity contribution in [1.29, 1.82) is 0 Å². The Labute approximate surface area is 262 Å². The molecule has 8 nitrogen and oxygen atoms in total. The molecule has 0 saturated carbocycles. The van der Waals surface area contributed by atoms with Crippen LogP contribution in [-0.4, -0.2) is 50.9 Å². The lowest BCUT2D eigenvalue weighted by molar-refractivity contribution is -0.139. The average molecular weight is 655 g/mol. The molecule has 226 valence electrons. The van der Waals surface area contributed by atoms with Gasteiger partial charge < -0.3 is 15.0 Å². The lowest BCUT2D eigenvalue weighted by Gasteiger charge is -2.33. The maximum atomic E-state index is 14.1. The molecule has 0 fully saturated rings. The summed E-state index contributed by atoms with van der Waals surface area (Å²) in [6.07, 6.45) is 0. The van der Waals surface area contributed by atoms with E-state index >= 15 is 0 Å². The Hall–Kier alpha value is -2.98. The Morgan fingerprint density at radius 2 is 1.52 bits per heavy atom. The third-order valence-electron chi connectivity index (χ3n) is 6.36. The molecule has 0 aromatic heterocycles. The van der Waals surface area contributed by atoms with Gasteiger partial charge in [-0.05, 0) is 68.3 Å². The lowest BCUT2D eigenvalue weighted by Crippen LogP contribution is -2.51. The second kappa shape index (κ2) is 15.0. The summed E-state index contributed by atoms with van der Waals surface area (Å²) in [5.74, 6) is -0.601. The number of rotatable bonds is 13. The Balaban J connectivity index is 2.10. The molecular formula is C30H34Cl3N3O5S. The predicted molar refractivity (Wildman–Crippen MR) is 168 cm³/mol. The number of halogens is 3. The lowest BCUT2D eigenvalue weighted by atomic mass is 10.1. The van der Waals surface area contributed by atoms with E-state index in [0.717, 1.165) is 4.31 Å². The van der Waals surface area contributed by atoms with Crippen LogP contribution in [0.2, 0.25) is 15.1 Å². The van der Waals surface area contributed by atoms with E-state index in [2.05, 4.69) is 5.32 Å². The van der Waals surface area contributed by atoms with Crippen LogP contribution in [0, 0.1) is 5.92 Å². The summed E-state index contributed by atoms with van der Waals surface area (Å²) in [4.78, 5) is 28.5. The molecule has 0 radical (unpaired) electrons. The van der Waals surface area contributed by atoms with Gasteiger partial charge >= 0.3 is 0 Å². The Bertz CT molecular complexity index is 1480. The molecule has 0 aliphatic rings. The van der Waals surface area contributed by atoms with Gasteiger partial charge in [0, 0.05) is 33.7 Å². The number of hydrogen-bond acceptors (Lipinski definition) is 5. The van der Waals surface area contributed by atoms with Gasteiger partial charge in [-0.15, -0.1) is 0 Å². The zero-order chi connectivity index (χ0) is 31.0. The molecular weight excluding hydrogens is 621 g/mol. The van der Waals surface area contributed by atoms with Crippen LogP contribution in [-0.2, 0) is 26.2 Å². The highest BCUT2D eigenvalue weighted by Gasteiger charge is 2.34. The number of hydrogen-bond donors (Lipinski definition) is 1. The van der Waals surface area contributed by atoms with Crippen molar-refractivity contribution in [2.45, 2.75) is 45.2 Å². The van der Waals surface area contributed by atoms with Crippen molar-refractivity contribution in [3.8, 4) is 5.75 Å². The van der Waals surface area contributed by atoms with E-state index in [1.165, 1.54) is 29.2 Å². The van der Waals surface area contributed by atoms with Crippen LogP contribution in [0.3, 0.4) is 0 Å². The highest BCUT2D eigenvalue weighted by Crippen LogP contribution is 2.33. The van der Waals surface area contributed by atoms with Crippen LogP contribution in [0.5, 0.6) is 5.75 Å². The number of nitrogens with one attached hydrogen (secondary N) is 1. The minimum atomic E-state index is -4.30. The van der Waals surface area contributed by atoms with Gasteiger partial charge in [0.1, 0.15) is 18.3 Å². The molecule has 42 heavy (non-hydrogen) atoms. The number of amides is 2. The van der Waals surface area contributed by atoms with Crippen molar-refractivity contribution in [3.05, 3.63) is 87.4 Å². The SMILES string of the molecule is CCOc1ccccc1N(CC(=O)N(Cc1c(Cl)cccc1Cl)[C@@H](C)C(=O)NCC(C)C)S(=O)(=O)c1ccc(Cl)cc1. The average Bonchev–Trinajstić information content (AvgIpc) is 2.95. The molecule has 3 aromatic carbocycles. The number of nitrogens with zero attached hydrogens (tertiary/aromatic N) is 2. The molecule has 0 heterocycles. The largest absolute Gasteiger partial charge is 0.492 e. The molecule has 0 saturated heterocycles. The molecule has 1 N–H and O–H groups in total. The summed E-state index contributed by atoms with van der Waals surface area (Å²) in [6, 6.07) is 16.1. The molecule has 0 spiro atoms. The summed E-state index contributed by atoms with van der Waals surface area (Å²) >= 11 is 18.9. The zero-order valence-electron chi connectivity index (χ0n) is 23.8. The number of anilines is 1. The fourth-order valence-electron chi connectivity index (χ4n) is 4.08. The van der Waals surface area contributed by atoms with Crippen LogP contribution in [0.4, 0.5) is 5.69 Å². The van der Waals surface area contributed by atoms with Crippen LogP contribution < -0.4 is 14.4 Å². The van der Waals surface area contributed by atoms with Gasteiger partial charge in [-0.2, -0.15) is 0 Å². The fraction of sp³-hybridized carbons (Fsp3) is 0.333. The number of carbonyl (C=O) groups excluding carboxylic acids is 2. The summed E-state index contributed by atoms with van der Waals surface area (Å²) in [6.45, 7) is 7.14. The summed E-state index contributed by atoms with van der Waals surface area (Å²) in [5, 5.41) is 3.81. The van der Waals surface area contributed by atoms with Crippen molar-refractivity contribution < 1.29 is 22.7 Å². The number of ether oxygens (including phenoxy) is 1. The minimum Gasteiger partial charge on any atom is -0.492 e. The van der Waals surface area contributed by atoms with Gasteiger partial charge in [-0.1, -0.05) is 66.8 Å². The monoisotopic (exact) mass is 653 g/mol. The molecule has 0 bridgehead atoms. The van der Waals surface area contributed by atoms with Crippen LogP contribution in [0.25, 0.3) is 0 Å². The summed E-state index contributed by atoms with van der Waals surface area (Å²) in [5.41, 5.74) is 0.592. The van der Waals surface area contributed by atoms with Gasteiger partial charge in [0.2, 0.25) is 11.8 Å². The van der Waals surface area contributed by atoms with Gasteiger partial charge in [-0.25, -0.2) is 8.42 Å². The van der Waals surface area contributed by atoms with E-state index in [0.29, 0.717) is 27.2 Å². The summed E-state index contributed by atoms with van der Waals surface area (Å²) < 4.78 is 34.8. The molecule has 0 aliphatic carbocycles. The molecule has 3 aromatic rings. The number of para-hydroxylation sites is 2. The Kier molecular flexibility index (Phi) is 11.9. The van der Waals surface area contributed by atoms with Crippen molar-refractivity contribution in [1.82, 2.24) is 10.2 Å². The molecule has 0 unspecified atom stereocenters. The van der Waals surface area contributed by atoms with E-state index < -0.39 is 34.4 Å². The van der Waals surface area contributed by atoms with E-state index in [-0.39, 0.29) is 35.4 Å². The number of carbonyl (C=O) groups is 2. The minimum absolute atomic E-state index is 0.0746. The van der Waals surface area contributed by atoms with Gasteiger partial charge in [0.05, 0.1) is 17.2 Å². The fourth-order valence-corrected chi connectivity index (χ4v) is 6.14. The topological polar surface area (TPSA) is 96.0 Å². The molecule has 12 heteroatoms. The molecule has 1 atom stereocenters. The van der Waals surface area contributed by atoms with Crippen LogP contribution in [0.15, 0.2) is 71.6 Å². The maximum absolute atomic E-state index is 14.1. The molecule has 3 rings (SSSR count). The van der Waals surface area contributed by atoms with Gasteiger partial charge in [0.25, 0.3) is 10.0 Å². The standard InChI is InChI=1S/C30H34Cl3N3O5S/c1-5-41-28-12-7-6-11-27(28)36(42(39,40)23-15-13-22(31)14-16-23)19-29(37)35(21(4)30(38)34-17-20(2)3)18-24-25(32)9-8-10-26(24)33/h6-16,20-21H,5,17-19H2,1-4H3,(H,34,38)/t21-/m0/s1. The second-order valence-electron chi connectivity index (χ2n) is 9.90. The summed E-state index contributed by atoms with van der Waals surface area (Å²) in [7, 11) is -4.30. The number of sulfonamides is 1. The Morgan fingerprint density at radius 3 is 2.12 bits per heavy atom. The predicted octanol–water partition coefficient (Wildman–Crippen LogP) is 6.43. The van der Waals surface area contributed by atoms with E-state index in [4.69, 9.17) is 39.5 Å². The zero-order valence-corrected chi connectivity index (χ0v) is 26.9. The third kappa shape index (κ3) is 8.31. The van der Waals surface area contributed by atoms with Crippen LogP contribution in [0.1, 0.15) is 33.3 Å². The van der Waals surface area contributed by atoms with Crippen molar-refractivity contribution in [2.24, 2.45) is 5.92 Å². The van der Waals surface area contributed by atoms with Gasteiger partial charge in [-0.3, -0.25) is 13.9 Å². The van der Waals surface area contributed by atoms with Crippen molar-refractivity contribution >= 4 is 62.3 Å². The smallest absolute Gasteiger partial charge is 0.264 e. The van der Waals surface area contributed by atoms with Crippen LogP contribution >= 0.6 is 34.8 Å². The quantitative estimate of drug-likeness (QED) is 0.229. The normalized spacial score (nSPS) is 12.1. The number of benzene rings is 3. The van der Waals surface area contributed by atoms with Crippen molar-refractivity contribution in [2.75, 3.05) is 24.0 Å². The highest BCUT2D eigenvalue weighted by atomic mass is 35.5. The third-order valence-corrected chi connectivity index (χ3v) is 9.09. The Morgan fingerprint density at radius 1 is 0.905 bits per heavy atom. The first-order valence-corrected chi connectivity index (χ1v) is 15.9. The molecule has 2 amide bonds. The van der Waals surface area contributed by atoms with E-state index in [1.807, 2.05) is 13.8 Å². The van der Waals surface area contributed by atoms with Gasteiger partial charge in [0.15, 0.2) is 0 Å². The first-order chi connectivity index (χ1) is 19.9. The van der Waals surface area contributed by atoms with E-state index in [9.17, 15) is 18.0 Å².